The van der Waals surface area contributed by atoms with Gasteiger partial charge in [0.15, 0.2) is 15.8 Å². The Morgan fingerprint density at radius 2 is 1.93 bits per heavy atom. The van der Waals surface area contributed by atoms with E-state index in [1.165, 1.54) is 16.7 Å². The number of rotatable bonds is 6. The van der Waals surface area contributed by atoms with E-state index in [0.29, 0.717) is 42.9 Å². The zero-order valence-corrected chi connectivity index (χ0v) is 18.8. The third-order valence-electron chi connectivity index (χ3n) is 4.20. The smallest absolute Gasteiger partial charge is 0.270 e. The minimum absolute atomic E-state index is 0.224. The molecule has 1 amide bonds. The van der Waals surface area contributed by atoms with Gasteiger partial charge in [0.1, 0.15) is 0 Å². The third-order valence-corrected chi connectivity index (χ3v) is 6.24. The molecule has 2 aromatic rings. The maximum atomic E-state index is 13.0. The SMILES string of the molecule is C=CCc1cc(/C=C2/SC(=S)N(c3ccc(Cl)c(Cl)c3)C2=O)cc(OC)c1OC. The van der Waals surface area contributed by atoms with Gasteiger partial charge in [0.05, 0.1) is 34.9 Å². The van der Waals surface area contributed by atoms with Crippen molar-refractivity contribution in [2.45, 2.75) is 6.42 Å². The number of carbonyl (C=O) groups excluding carboxylic acids is 1. The summed E-state index contributed by atoms with van der Waals surface area (Å²) in [6.45, 7) is 3.78. The molecule has 0 aliphatic carbocycles. The van der Waals surface area contributed by atoms with Crippen LogP contribution in [-0.4, -0.2) is 24.4 Å². The van der Waals surface area contributed by atoms with Gasteiger partial charge < -0.3 is 9.47 Å². The average molecular weight is 466 g/mol. The maximum absolute atomic E-state index is 13.0. The lowest BCUT2D eigenvalue weighted by Crippen LogP contribution is -2.27. The topological polar surface area (TPSA) is 38.8 Å². The lowest BCUT2D eigenvalue weighted by molar-refractivity contribution is -0.113. The molecule has 0 N–H and O–H groups in total. The molecular formula is C21H17Cl2NO3S2. The van der Waals surface area contributed by atoms with Crippen molar-refractivity contribution in [2.24, 2.45) is 0 Å². The molecule has 1 saturated heterocycles. The summed E-state index contributed by atoms with van der Waals surface area (Å²) in [5, 5.41) is 0.771. The van der Waals surface area contributed by atoms with Crippen molar-refractivity contribution >= 4 is 69.2 Å². The molecule has 150 valence electrons. The number of thioether (sulfide) groups is 1. The number of nitrogens with zero attached hydrogens (tertiary/aromatic N) is 1. The molecule has 1 aliphatic heterocycles. The second-order valence-corrected chi connectivity index (χ2v) is 8.51. The zero-order chi connectivity index (χ0) is 21.1. The van der Waals surface area contributed by atoms with Gasteiger partial charge in [0.25, 0.3) is 5.91 Å². The van der Waals surface area contributed by atoms with Gasteiger partial charge in [0.2, 0.25) is 0 Å². The van der Waals surface area contributed by atoms with Crippen LogP contribution in [0.3, 0.4) is 0 Å². The lowest BCUT2D eigenvalue weighted by Gasteiger charge is -2.15. The van der Waals surface area contributed by atoms with Crippen LogP contribution in [0.5, 0.6) is 11.5 Å². The number of thiocarbonyl (C=S) groups is 1. The quantitative estimate of drug-likeness (QED) is 0.290. The van der Waals surface area contributed by atoms with E-state index in [1.807, 2.05) is 12.1 Å². The molecule has 0 aromatic heterocycles. The average Bonchev–Trinajstić information content (AvgIpc) is 2.97. The first-order valence-corrected chi connectivity index (χ1v) is 10.5. The van der Waals surface area contributed by atoms with Crippen LogP contribution < -0.4 is 14.4 Å². The number of allylic oxidation sites excluding steroid dienone is 1. The molecule has 0 atom stereocenters. The molecule has 1 heterocycles. The molecule has 8 heteroatoms. The Morgan fingerprint density at radius 3 is 2.55 bits per heavy atom. The summed E-state index contributed by atoms with van der Waals surface area (Å²) in [6.07, 6.45) is 4.17. The Bertz CT molecular complexity index is 1040. The highest BCUT2D eigenvalue weighted by molar-refractivity contribution is 8.27. The van der Waals surface area contributed by atoms with E-state index in [2.05, 4.69) is 6.58 Å². The number of benzene rings is 2. The van der Waals surface area contributed by atoms with E-state index in [1.54, 1.807) is 44.6 Å². The van der Waals surface area contributed by atoms with Gasteiger partial charge in [-0.1, -0.05) is 53.3 Å². The predicted molar refractivity (Wildman–Crippen MR) is 126 cm³/mol. The van der Waals surface area contributed by atoms with Crippen LogP contribution in [0.4, 0.5) is 5.69 Å². The molecule has 0 spiro atoms. The lowest BCUT2D eigenvalue weighted by atomic mass is 10.0. The van der Waals surface area contributed by atoms with Crippen molar-refractivity contribution in [3.63, 3.8) is 0 Å². The molecule has 1 fully saturated rings. The van der Waals surface area contributed by atoms with Gasteiger partial charge in [-0.15, -0.1) is 6.58 Å². The van der Waals surface area contributed by atoms with Crippen molar-refractivity contribution in [3.05, 3.63) is 69.1 Å². The van der Waals surface area contributed by atoms with Crippen LogP contribution in [0.25, 0.3) is 6.08 Å². The van der Waals surface area contributed by atoms with Crippen LogP contribution in [0.15, 0.2) is 47.9 Å². The fourth-order valence-corrected chi connectivity index (χ4v) is 4.51. The number of ether oxygens (including phenoxy) is 2. The fraction of sp³-hybridized carbons (Fsp3) is 0.143. The Labute approximate surface area is 189 Å². The molecule has 0 unspecified atom stereocenters. The normalized spacial score (nSPS) is 15.2. The summed E-state index contributed by atoms with van der Waals surface area (Å²) in [6, 6.07) is 8.72. The van der Waals surface area contributed by atoms with Crippen molar-refractivity contribution in [1.29, 1.82) is 0 Å². The zero-order valence-electron chi connectivity index (χ0n) is 15.7. The van der Waals surface area contributed by atoms with E-state index in [9.17, 15) is 4.79 Å². The molecule has 0 bridgehead atoms. The van der Waals surface area contributed by atoms with Gasteiger partial charge in [-0.05, 0) is 48.4 Å². The number of halogens is 2. The van der Waals surface area contributed by atoms with Crippen LogP contribution in [0.1, 0.15) is 11.1 Å². The maximum Gasteiger partial charge on any atom is 0.270 e. The monoisotopic (exact) mass is 465 g/mol. The van der Waals surface area contributed by atoms with Crippen LogP contribution in [0, 0.1) is 0 Å². The summed E-state index contributed by atoms with van der Waals surface area (Å²) in [7, 11) is 3.16. The van der Waals surface area contributed by atoms with Crippen LogP contribution >= 0.6 is 47.2 Å². The summed E-state index contributed by atoms with van der Waals surface area (Å²) < 4.78 is 11.3. The number of hydrogen-bond donors (Lipinski definition) is 0. The van der Waals surface area contributed by atoms with Crippen molar-refractivity contribution < 1.29 is 14.3 Å². The van der Waals surface area contributed by atoms with E-state index in [0.717, 1.165) is 11.1 Å². The first kappa shape index (κ1) is 21.7. The van der Waals surface area contributed by atoms with Gasteiger partial charge >= 0.3 is 0 Å². The van der Waals surface area contributed by atoms with Crippen molar-refractivity contribution in [2.75, 3.05) is 19.1 Å². The number of hydrogen-bond acceptors (Lipinski definition) is 5. The van der Waals surface area contributed by atoms with Gasteiger partial charge in [0, 0.05) is 5.56 Å². The minimum Gasteiger partial charge on any atom is -0.493 e. The molecule has 1 aliphatic rings. The highest BCUT2D eigenvalue weighted by atomic mass is 35.5. The summed E-state index contributed by atoms with van der Waals surface area (Å²) in [5.74, 6) is 1.00. The first-order chi connectivity index (χ1) is 13.9. The van der Waals surface area contributed by atoms with E-state index < -0.39 is 0 Å². The van der Waals surface area contributed by atoms with Crippen molar-refractivity contribution in [1.82, 2.24) is 0 Å². The molecule has 4 nitrogen and oxygen atoms in total. The van der Waals surface area contributed by atoms with Gasteiger partial charge in [-0.25, -0.2) is 0 Å². The van der Waals surface area contributed by atoms with E-state index in [-0.39, 0.29) is 5.91 Å². The number of anilines is 1. The molecule has 0 saturated carbocycles. The Hall–Kier alpha value is -1.99. The number of methoxy groups -OCH3 is 2. The molecule has 29 heavy (non-hydrogen) atoms. The van der Waals surface area contributed by atoms with Crippen molar-refractivity contribution in [3.8, 4) is 11.5 Å². The summed E-state index contributed by atoms with van der Waals surface area (Å²) >= 11 is 18.7. The van der Waals surface area contributed by atoms with Gasteiger partial charge in [-0.3, -0.25) is 9.69 Å². The summed E-state index contributed by atoms with van der Waals surface area (Å²) in [4.78, 5) is 14.9. The molecule has 3 rings (SSSR count). The first-order valence-electron chi connectivity index (χ1n) is 8.48. The van der Waals surface area contributed by atoms with E-state index >= 15 is 0 Å². The second-order valence-electron chi connectivity index (χ2n) is 6.02. The second kappa shape index (κ2) is 9.22. The third kappa shape index (κ3) is 4.46. The number of amides is 1. The fourth-order valence-electron chi connectivity index (χ4n) is 2.92. The highest BCUT2D eigenvalue weighted by Crippen LogP contribution is 2.39. The molecule has 0 radical (unpaired) electrons. The summed E-state index contributed by atoms with van der Waals surface area (Å²) in [5.41, 5.74) is 2.28. The Balaban J connectivity index is 2.00. The van der Waals surface area contributed by atoms with Crippen LogP contribution in [-0.2, 0) is 11.2 Å². The van der Waals surface area contributed by atoms with Crippen LogP contribution in [0.2, 0.25) is 10.0 Å². The largest absolute Gasteiger partial charge is 0.493 e. The molecular weight excluding hydrogens is 449 g/mol. The Morgan fingerprint density at radius 1 is 1.17 bits per heavy atom. The number of carbonyl (C=O) groups is 1. The standard InChI is InChI=1S/C21H17Cl2NO3S2/c1-4-5-13-8-12(9-17(26-2)19(13)27-3)10-18-20(25)24(21(28)29-18)14-6-7-15(22)16(23)11-14/h4,6-11H,1,5H2,2-3H3/b18-10+. The van der Waals surface area contributed by atoms with Gasteiger partial charge in [-0.2, -0.15) is 0 Å². The van der Waals surface area contributed by atoms with E-state index in [4.69, 9.17) is 44.9 Å². The highest BCUT2D eigenvalue weighted by Gasteiger charge is 2.33. The molecule has 2 aromatic carbocycles. The minimum atomic E-state index is -0.224. The predicted octanol–water partition coefficient (Wildman–Crippen LogP) is 6.14. The Kier molecular flexibility index (Phi) is 6.90.